The fraction of sp³-hybridized carbons (Fsp3) is 0.667. The van der Waals surface area contributed by atoms with Crippen molar-refractivity contribution in [2.24, 2.45) is 0 Å². The maximum Gasteiger partial charge on any atom is 0.0879 e. The van der Waals surface area contributed by atoms with Crippen LogP contribution in [0.25, 0.3) is 0 Å². The van der Waals surface area contributed by atoms with Crippen molar-refractivity contribution in [1.29, 1.82) is 0 Å². The Kier molecular flexibility index (Phi) is 2.04. The molecule has 2 N–H and O–H groups in total. The highest BCUT2D eigenvalue weighted by molar-refractivity contribution is 4.86. The topological polar surface area (TPSA) is 40.5 Å². The van der Waals surface area contributed by atoms with Crippen LogP contribution >= 0.6 is 0 Å². The average molecular weight is 116 g/mol. The zero-order chi connectivity index (χ0) is 6.78. The minimum Gasteiger partial charge on any atom is -0.513 e. The summed E-state index contributed by atoms with van der Waals surface area (Å²) >= 11 is 0. The van der Waals surface area contributed by atoms with Crippen molar-refractivity contribution in [3.05, 3.63) is 12.3 Å². The molecule has 0 saturated heterocycles. The molecule has 2 heteroatoms. The molecule has 48 valence electrons. The van der Waals surface area contributed by atoms with Crippen LogP contribution in [0.3, 0.4) is 0 Å². The number of hydrogen-bond donors (Lipinski definition) is 2. The Morgan fingerprint density at radius 3 is 2.00 bits per heavy atom. The molecule has 2 nitrogen and oxygen atoms in total. The van der Waals surface area contributed by atoms with Gasteiger partial charge in [0, 0.05) is 6.42 Å². The highest BCUT2D eigenvalue weighted by Gasteiger charge is 2.12. The van der Waals surface area contributed by atoms with E-state index in [0.29, 0.717) is 0 Å². The van der Waals surface area contributed by atoms with Crippen LogP contribution in [0.1, 0.15) is 20.3 Å². The normalized spacial score (nSPS) is 11.4. The molecule has 0 saturated carbocycles. The Balaban J connectivity index is 3.55. The van der Waals surface area contributed by atoms with Gasteiger partial charge in [-0.15, -0.1) is 0 Å². The Morgan fingerprint density at radius 2 is 2.00 bits per heavy atom. The summed E-state index contributed by atoms with van der Waals surface area (Å²) in [7, 11) is 0. The van der Waals surface area contributed by atoms with E-state index in [1.807, 2.05) is 0 Å². The van der Waals surface area contributed by atoms with Crippen LogP contribution in [-0.4, -0.2) is 15.8 Å². The number of aliphatic hydroxyl groups excluding tert-OH is 1. The van der Waals surface area contributed by atoms with Crippen molar-refractivity contribution in [1.82, 2.24) is 0 Å². The highest BCUT2D eigenvalue weighted by Crippen LogP contribution is 2.10. The van der Waals surface area contributed by atoms with Crippen LogP contribution in [0.2, 0.25) is 0 Å². The van der Waals surface area contributed by atoms with Gasteiger partial charge in [0.2, 0.25) is 0 Å². The monoisotopic (exact) mass is 116 g/mol. The SMILES string of the molecule is C=C(O)CC(C)(C)O. The second kappa shape index (κ2) is 2.18. The van der Waals surface area contributed by atoms with Crippen molar-refractivity contribution >= 4 is 0 Å². The molecule has 0 rings (SSSR count). The zero-order valence-electron chi connectivity index (χ0n) is 5.31. The molecule has 0 unspecified atom stereocenters. The predicted octanol–water partition coefficient (Wildman–Crippen LogP) is 1.22. The molecule has 0 heterocycles. The Hall–Kier alpha value is -0.500. The van der Waals surface area contributed by atoms with Crippen LogP contribution in [0.15, 0.2) is 12.3 Å². The third kappa shape index (κ3) is 5.50. The molecule has 0 fully saturated rings. The third-order valence-corrected chi connectivity index (χ3v) is 0.637. The van der Waals surface area contributed by atoms with Crippen molar-refractivity contribution in [2.45, 2.75) is 25.9 Å². The predicted molar refractivity (Wildman–Crippen MR) is 32.7 cm³/mol. The lowest BCUT2D eigenvalue weighted by Crippen LogP contribution is -2.18. The quantitative estimate of drug-likeness (QED) is 0.532. The molecule has 0 aliphatic carbocycles. The fourth-order valence-corrected chi connectivity index (χ4v) is 0.499. The summed E-state index contributed by atoms with van der Waals surface area (Å²) < 4.78 is 0. The maximum absolute atomic E-state index is 8.97. The van der Waals surface area contributed by atoms with E-state index in [9.17, 15) is 0 Å². The van der Waals surface area contributed by atoms with Crippen LogP contribution in [0.5, 0.6) is 0 Å². The van der Waals surface area contributed by atoms with Crippen molar-refractivity contribution in [3.8, 4) is 0 Å². The summed E-state index contributed by atoms with van der Waals surface area (Å²) in [6.45, 7) is 6.47. The molecule has 0 atom stereocenters. The van der Waals surface area contributed by atoms with Gasteiger partial charge in [-0.2, -0.15) is 0 Å². The van der Waals surface area contributed by atoms with Crippen LogP contribution in [0.4, 0.5) is 0 Å². The van der Waals surface area contributed by atoms with E-state index in [-0.39, 0.29) is 12.2 Å². The maximum atomic E-state index is 8.97. The van der Waals surface area contributed by atoms with Gasteiger partial charge < -0.3 is 10.2 Å². The molecule has 8 heavy (non-hydrogen) atoms. The summed E-state index contributed by atoms with van der Waals surface area (Å²) in [6, 6.07) is 0. The second-order valence-corrected chi connectivity index (χ2v) is 2.56. The molecular formula is C6H12O2. The van der Waals surface area contributed by atoms with E-state index in [1.54, 1.807) is 13.8 Å². The van der Waals surface area contributed by atoms with E-state index in [4.69, 9.17) is 10.2 Å². The molecule has 0 spiro atoms. The standard InChI is InChI=1S/C6H12O2/c1-5(7)4-6(2,3)8/h7-8H,1,4H2,2-3H3. The Morgan fingerprint density at radius 1 is 1.62 bits per heavy atom. The van der Waals surface area contributed by atoms with Crippen molar-refractivity contribution in [2.75, 3.05) is 0 Å². The Bertz CT molecular complexity index is 89.2. The van der Waals surface area contributed by atoms with E-state index >= 15 is 0 Å². The highest BCUT2D eigenvalue weighted by atomic mass is 16.3. The minimum atomic E-state index is -0.828. The first-order valence-corrected chi connectivity index (χ1v) is 2.51. The van der Waals surface area contributed by atoms with E-state index < -0.39 is 5.60 Å². The minimum absolute atomic E-state index is 0.0255. The lowest BCUT2D eigenvalue weighted by molar-refractivity contribution is 0.0696. The van der Waals surface area contributed by atoms with Crippen LogP contribution in [-0.2, 0) is 0 Å². The van der Waals surface area contributed by atoms with Crippen molar-refractivity contribution < 1.29 is 10.2 Å². The average Bonchev–Trinajstić information content (AvgIpc) is 1.21. The van der Waals surface area contributed by atoms with E-state index in [0.717, 1.165) is 0 Å². The summed E-state index contributed by atoms with van der Waals surface area (Å²) in [5.41, 5.74) is -0.828. The largest absolute Gasteiger partial charge is 0.513 e. The van der Waals surface area contributed by atoms with Gasteiger partial charge in [-0.1, -0.05) is 6.58 Å². The van der Waals surface area contributed by atoms with Gasteiger partial charge in [0.05, 0.1) is 11.4 Å². The molecule has 0 aliphatic rings. The zero-order valence-corrected chi connectivity index (χ0v) is 5.31. The molecule has 0 aromatic rings. The molecule has 0 aliphatic heterocycles. The first-order chi connectivity index (χ1) is 3.42. The van der Waals surface area contributed by atoms with E-state index in [1.165, 1.54) is 0 Å². The van der Waals surface area contributed by atoms with Gasteiger partial charge in [-0.25, -0.2) is 0 Å². The number of aliphatic hydroxyl groups is 2. The van der Waals surface area contributed by atoms with Gasteiger partial charge in [0.25, 0.3) is 0 Å². The molecule has 0 aromatic carbocycles. The summed E-state index contributed by atoms with van der Waals surface area (Å²) in [5.74, 6) is 0.0255. The lowest BCUT2D eigenvalue weighted by atomic mass is 10.1. The van der Waals surface area contributed by atoms with Gasteiger partial charge in [0.15, 0.2) is 0 Å². The molecule has 0 radical (unpaired) electrons. The summed E-state index contributed by atoms with van der Waals surface area (Å²) in [4.78, 5) is 0. The molecule has 0 amide bonds. The summed E-state index contributed by atoms with van der Waals surface area (Å²) in [6.07, 6.45) is 0.243. The van der Waals surface area contributed by atoms with Gasteiger partial charge >= 0.3 is 0 Å². The fourth-order valence-electron chi connectivity index (χ4n) is 0.499. The number of hydrogen-bond acceptors (Lipinski definition) is 2. The van der Waals surface area contributed by atoms with Gasteiger partial charge in [0.1, 0.15) is 0 Å². The third-order valence-electron chi connectivity index (χ3n) is 0.637. The Labute approximate surface area is 49.5 Å². The second-order valence-electron chi connectivity index (χ2n) is 2.56. The molecule has 0 bridgehead atoms. The van der Waals surface area contributed by atoms with Gasteiger partial charge in [-0.3, -0.25) is 0 Å². The smallest absolute Gasteiger partial charge is 0.0879 e. The van der Waals surface area contributed by atoms with Crippen molar-refractivity contribution in [3.63, 3.8) is 0 Å². The first-order valence-electron chi connectivity index (χ1n) is 2.51. The van der Waals surface area contributed by atoms with E-state index in [2.05, 4.69) is 6.58 Å². The van der Waals surface area contributed by atoms with Gasteiger partial charge in [-0.05, 0) is 13.8 Å². The number of rotatable bonds is 2. The van der Waals surface area contributed by atoms with Crippen LogP contribution < -0.4 is 0 Å². The van der Waals surface area contributed by atoms with Crippen LogP contribution in [0, 0.1) is 0 Å². The lowest BCUT2D eigenvalue weighted by Gasteiger charge is -2.14. The molecular weight excluding hydrogens is 104 g/mol. The summed E-state index contributed by atoms with van der Waals surface area (Å²) in [5, 5.41) is 17.5. The molecule has 0 aromatic heterocycles. The first kappa shape index (κ1) is 7.50.